The number of methoxy groups -OCH3 is 1. The van der Waals surface area contributed by atoms with Gasteiger partial charge in [0.05, 0.1) is 6.54 Å². The van der Waals surface area contributed by atoms with Crippen molar-refractivity contribution in [3.05, 3.63) is 0 Å². The number of hydrogen-bond donors (Lipinski definition) is 2. The fourth-order valence-corrected chi connectivity index (χ4v) is 2.25. The summed E-state index contributed by atoms with van der Waals surface area (Å²) in [6.07, 6.45) is 8.40. The van der Waals surface area contributed by atoms with Gasteiger partial charge in [-0.1, -0.05) is 25.7 Å². The van der Waals surface area contributed by atoms with Crippen molar-refractivity contribution in [2.45, 2.75) is 51.0 Å². The van der Waals surface area contributed by atoms with Crippen LogP contribution in [0.25, 0.3) is 0 Å². The molecule has 0 bridgehead atoms. The van der Waals surface area contributed by atoms with E-state index in [9.17, 15) is 4.79 Å². The van der Waals surface area contributed by atoms with Crippen molar-refractivity contribution in [3.63, 3.8) is 0 Å². The lowest BCUT2D eigenvalue weighted by Crippen LogP contribution is -2.40. The molecule has 0 unspecified atom stereocenters. The normalized spacial score (nSPS) is 17.7. The van der Waals surface area contributed by atoms with Gasteiger partial charge in [0, 0.05) is 19.8 Å². The Labute approximate surface area is 104 Å². The van der Waals surface area contributed by atoms with Gasteiger partial charge in [0.2, 0.25) is 5.91 Å². The molecule has 0 aromatic carbocycles. The highest BCUT2D eigenvalue weighted by Crippen LogP contribution is 2.16. The molecule has 0 aliphatic heterocycles. The predicted octanol–water partition coefficient (Wildman–Crippen LogP) is 1.45. The first kappa shape index (κ1) is 14.5. The summed E-state index contributed by atoms with van der Waals surface area (Å²) >= 11 is 0. The Balaban J connectivity index is 2.03. The molecular formula is C13H26N2O2. The maximum Gasteiger partial charge on any atom is 0.234 e. The van der Waals surface area contributed by atoms with Crippen molar-refractivity contribution in [2.24, 2.45) is 0 Å². The van der Waals surface area contributed by atoms with Gasteiger partial charge in [-0.05, 0) is 25.8 Å². The van der Waals surface area contributed by atoms with Crippen molar-refractivity contribution in [1.29, 1.82) is 0 Å². The first-order valence-corrected chi connectivity index (χ1v) is 6.82. The summed E-state index contributed by atoms with van der Waals surface area (Å²) in [5.74, 6) is 0.134. The van der Waals surface area contributed by atoms with Crippen LogP contribution < -0.4 is 10.6 Å². The molecule has 1 rings (SSSR count). The summed E-state index contributed by atoms with van der Waals surface area (Å²) in [5, 5.41) is 6.25. The van der Waals surface area contributed by atoms with Crippen molar-refractivity contribution in [2.75, 3.05) is 26.8 Å². The Morgan fingerprint density at radius 1 is 1.24 bits per heavy atom. The van der Waals surface area contributed by atoms with Gasteiger partial charge in [-0.3, -0.25) is 4.79 Å². The molecule has 0 atom stereocenters. The molecule has 1 saturated carbocycles. The number of carbonyl (C=O) groups is 1. The monoisotopic (exact) mass is 242 g/mol. The molecule has 2 N–H and O–H groups in total. The average Bonchev–Trinajstić information content (AvgIpc) is 2.57. The van der Waals surface area contributed by atoms with Gasteiger partial charge in [-0.2, -0.15) is 0 Å². The summed E-state index contributed by atoms with van der Waals surface area (Å²) in [4.78, 5) is 11.7. The van der Waals surface area contributed by atoms with Gasteiger partial charge in [-0.15, -0.1) is 0 Å². The second-order valence-electron chi connectivity index (χ2n) is 4.78. The Kier molecular flexibility index (Phi) is 8.01. The molecule has 4 heteroatoms. The van der Waals surface area contributed by atoms with Crippen LogP contribution in [-0.4, -0.2) is 38.8 Å². The van der Waals surface area contributed by atoms with Crippen molar-refractivity contribution >= 4 is 5.91 Å². The smallest absolute Gasteiger partial charge is 0.234 e. The zero-order chi connectivity index (χ0) is 12.3. The van der Waals surface area contributed by atoms with Gasteiger partial charge >= 0.3 is 0 Å². The van der Waals surface area contributed by atoms with Crippen LogP contribution in [0, 0.1) is 0 Å². The number of ether oxygens (including phenoxy) is 1. The first-order valence-electron chi connectivity index (χ1n) is 6.82. The molecule has 1 fully saturated rings. The summed E-state index contributed by atoms with van der Waals surface area (Å²) in [5.41, 5.74) is 0. The number of hydrogen-bond acceptors (Lipinski definition) is 3. The quantitative estimate of drug-likeness (QED) is 0.525. The Morgan fingerprint density at radius 3 is 2.59 bits per heavy atom. The second kappa shape index (κ2) is 9.42. The minimum atomic E-state index is 0.134. The Bertz CT molecular complexity index is 202. The Hall–Kier alpha value is -0.610. The minimum Gasteiger partial charge on any atom is -0.385 e. The zero-order valence-corrected chi connectivity index (χ0v) is 11.0. The fourth-order valence-electron chi connectivity index (χ4n) is 2.25. The summed E-state index contributed by atoms with van der Waals surface area (Å²) in [6.45, 7) is 2.02. The van der Waals surface area contributed by atoms with Crippen LogP contribution in [0.3, 0.4) is 0 Å². The van der Waals surface area contributed by atoms with Crippen LogP contribution in [-0.2, 0) is 9.53 Å². The van der Waals surface area contributed by atoms with Crippen molar-refractivity contribution < 1.29 is 9.53 Å². The van der Waals surface area contributed by atoms with Gasteiger partial charge in [-0.25, -0.2) is 0 Å². The lowest BCUT2D eigenvalue weighted by atomic mass is 10.1. The zero-order valence-electron chi connectivity index (χ0n) is 11.0. The van der Waals surface area contributed by atoms with E-state index < -0.39 is 0 Å². The largest absolute Gasteiger partial charge is 0.385 e. The van der Waals surface area contributed by atoms with Crippen LogP contribution >= 0.6 is 0 Å². The molecule has 1 aliphatic rings. The molecule has 0 saturated heterocycles. The molecule has 0 radical (unpaired) electrons. The predicted molar refractivity (Wildman–Crippen MR) is 69.0 cm³/mol. The van der Waals surface area contributed by atoms with Gasteiger partial charge in [0.15, 0.2) is 0 Å². The van der Waals surface area contributed by atoms with Gasteiger partial charge < -0.3 is 15.4 Å². The maximum absolute atomic E-state index is 11.7. The molecule has 0 aromatic rings. The lowest BCUT2D eigenvalue weighted by Gasteiger charge is -2.16. The Morgan fingerprint density at radius 2 is 1.94 bits per heavy atom. The number of rotatable bonds is 7. The molecule has 0 heterocycles. The molecule has 100 valence electrons. The van der Waals surface area contributed by atoms with E-state index in [-0.39, 0.29) is 5.91 Å². The van der Waals surface area contributed by atoms with E-state index in [1.165, 1.54) is 25.7 Å². The van der Waals surface area contributed by atoms with Gasteiger partial charge in [0.25, 0.3) is 0 Å². The van der Waals surface area contributed by atoms with Crippen LogP contribution in [0.15, 0.2) is 0 Å². The molecule has 17 heavy (non-hydrogen) atoms. The molecule has 0 aromatic heterocycles. The third-order valence-corrected chi connectivity index (χ3v) is 3.21. The highest BCUT2D eigenvalue weighted by molar-refractivity contribution is 5.78. The molecule has 4 nitrogen and oxygen atoms in total. The van der Waals surface area contributed by atoms with E-state index in [0.717, 1.165) is 32.4 Å². The molecular weight excluding hydrogens is 216 g/mol. The molecule has 1 aliphatic carbocycles. The van der Waals surface area contributed by atoms with Gasteiger partial charge in [0.1, 0.15) is 0 Å². The third kappa shape index (κ3) is 7.34. The second-order valence-corrected chi connectivity index (χ2v) is 4.78. The van der Waals surface area contributed by atoms with E-state index in [1.807, 2.05) is 0 Å². The van der Waals surface area contributed by atoms with E-state index in [2.05, 4.69) is 10.6 Å². The summed E-state index contributed by atoms with van der Waals surface area (Å²) in [7, 11) is 1.69. The summed E-state index contributed by atoms with van der Waals surface area (Å²) < 4.78 is 4.94. The van der Waals surface area contributed by atoms with Crippen LogP contribution in [0.4, 0.5) is 0 Å². The maximum atomic E-state index is 11.7. The SMILES string of the molecule is COCCCNCC(=O)NC1CCCCCC1. The number of nitrogens with one attached hydrogen (secondary N) is 2. The standard InChI is InChI=1S/C13H26N2O2/c1-17-10-6-9-14-11-13(16)15-12-7-4-2-3-5-8-12/h12,14H,2-11H2,1H3,(H,15,16). The summed E-state index contributed by atoms with van der Waals surface area (Å²) in [6, 6.07) is 0.408. The first-order chi connectivity index (χ1) is 8.33. The van der Waals surface area contributed by atoms with Crippen molar-refractivity contribution in [1.82, 2.24) is 10.6 Å². The average molecular weight is 242 g/mol. The van der Waals surface area contributed by atoms with Crippen LogP contribution in [0.5, 0.6) is 0 Å². The fraction of sp³-hybridized carbons (Fsp3) is 0.923. The minimum absolute atomic E-state index is 0.134. The molecule has 1 amide bonds. The van der Waals surface area contributed by atoms with E-state index in [1.54, 1.807) is 7.11 Å². The van der Waals surface area contributed by atoms with Crippen LogP contribution in [0.2, 0.25) is 0 Å². The highest BCUT2D eigenvalue weighted by Gasteiger charge is 2.13. The number of amides is 1. The topological polar surface area (TPSA) is 50.4 Å². The van der Waals surface area contributed by atoms with Crippen molar-refractivity contribution in [3.8, 4) is 0 Å². The lowest BCUT2D eigenvalue weighted by molar-refractivity contribution is -0.121. The van der Waals surface area contributed by atoms with E-state index >= 15 is 0 Å². The highest BCUT2D eigenvalue weighted by atomic mass is 16.5. The number of carbonyl (C=O) groups excluding carboxylic acids is 1. The third-order valence-electron chi connectivity index (χ3n) is 3.21. The molecule has 0 spiro atoms. The van der Waals surface area contributed by atoms with E-state index in [4.69, 9.17) is 4.74 Å². The van der Waals surface area contributed by atoms with E-state index in [0.29, 0.717) is 12.6 Å². The van der Waals surface area contributed by atoms with Crippen LogP contribution in [0.1, 0.15) is 44.9 Å².